The van der Waals surface area contributed by atoms with E-state index in [1.807, 2.05) is 6.92 Å². The van der Waals surface area contributed by atoms with E-state index in [-0.39, 0.29) is 17.7 Å². The second kappa shape index (κ2) is 6.44. The van der Waals surface area contributed by atoms with Gasteiger partial charge in [-0.05, 0) is 32.9 Å². The number of hydrogen-bond donors (Lipinski definition) is 3. The Morgan fingerprint density at radius 1 is 1.29 bits per heavy atom. The van der Waals surface area contributed by atoms with Gasteiger partial charge in [-0.25, -0.2) is 15.8 Å². The van der Waals surface area contributed by atoms with Crippen LogP contribution in [0.1, 0.15) is 25.6 Å². The van der Waals surface area contributed by atoms with Crippen LogP contribution in [-0.4, -0.2) is 40.5 Å². The van der Waals surface area contributed by atoms with Crippen LogP contribution in [0.2, 0.25) is 0 Å². The SMILES string of the molecule is CC(CN1CCCC1)Nc1cc(NN)nc(C(F)(F)F)n1. The first-order chi connectivity index (χ1) is 9.88. The van der Waals surface area contributed by atoms with Gasteiger partial charge < -0.3 is 15.6 Å². The van der Waals surface area contributed by atoms with Crippen LogP contribution in [0.25, 0.3) is 0 Å². The van der Waals surface area contributed by atoms with Crippen LogP contribution in [0.15, 0.2) is 6.07 Å². The number of hydrogen-bond acceptors (Lipinski definition) is 6. The molecule has 2 rings (SSSR count). The minimum atomic E-state index is -4.61. The molecule has 1 aliphatic rings. The largest absolute Gasteiger partial charge is 0.451 e. The second-order valence-corrected chi connectivity index (χ2v) is 5.16. The smallest absolute Gasteiger partial charge is 0.366 e. The van der Waals surface area contributed by atoms with E-state index >= 15 is 0 Å². The molecule has 1 aromatic rings. The van der Waals surface area contributed by atoms with Gasteiger partial charge in [-0.15, -0.1) is 0 Å². The lowest BCUT2D eigenvalue weighted by Crippen LogP contribution is -2.33. The van der Waals surface area contributed by atoms with E-state index in [0.29, 0.717) is 0 Å². The third-order valence-electron chi connectivity index (χ3n) is 3.25. The van der Waals surface area contributed by atoms with Gasteiger partial charge in [0, 0.05) is 18.7 Å². The number of anilines is 2. The minimum Gasteiger partial charge on any atom is -0.366 e. The van der Waals surface area contributed by atoms with Crippen molar-refractivity contribution in [1.29, 1.82) is 0 Å². The molecule has 0 aliphatic carbocycles. The highest BCUT2D eigenvalue weighted by atomic mass is 19.4. The van der Waals surface area contributed by atoms with Gasteiger partial charge in [-0.3, -0.25) is 0 Å². The number of hydrazine groups is 1. The molecule has 0 saturated carbocycles. The van der Waals surface area contributed by atoms with E-state index in [4.69, 9.17) is 5.84 Å². The van der Waals surface area contributed by atoms with Crippen molar-refractivity contribution in [3.05, 3.63) is 11.9 Å². The summed E-state index contributed by atoms with van der Waals surface area (Å²) in [6.07, 6.45) is -2.28. The third-order valence-corrected chi connectivity index (χ3v) is 3.25. The summed E-state index contributed by atoms with van der Waals surface area (Å²) in [6, 6.07) is 1.33. The molecule has 118 valence electrons. The lowest BCUT2D eigenvalue weighted by atomic mass is 10.3. The molecule has 6 nitrogen and oxygen atoms in total. The molecule has 0 amide bonds. The molecule has 9 heteroatoms. The van der Waals surface area contributed by atoms with Crippen LogP contribution in [0.5, 0.6) is 0 Å². The third kappa shape index (κ3) is 4.43. The summed E-state index contributed by atoms with van der Waals surface area (Å²) in [5, 5.41) is 2.97. The van der Waals surface area contributed by atoms with Crippen molar-refractivity contribution in [2.45, 2.75) is 32.0 Å². The molecule has 1 atom stereocenters. The lowest BCUT2D eigenvalue weighted by molar-refractivity contribution is -0.144. The standard InChI is InChI=1S/C12H19F3N6/c1-8(7-21-4-2-3-5-21)17-9-6-10(20-16)19-11(18-9)12(13,14)15/h6,8H,2-5,7,16H2,1H3,(H2,17,18,19,20). The van der Waals surface area contributed by atoms with Gasteiger partial charge in [0.2, 0.25) is 5.82 Å². The first-order valence-corrected chi connectivity index (χ1v) is 6.80. The summed E-state index contributed by atoms with van der Waals surface area (Å²) in [5.41, 5.74) is 2.12. The summed E-state index contributed by atoms with van der Waals surface area (Å²) >= 11 is 0. The van der Waals surface area contributed by atoms with E-state index in [1.165, 1.54) is 18.9 Å². The lowest BCUT2D eigenvalue weighted by Gasteiger charge is -2.22. The molecular weight excluding hydrogens is 285 g/mol. The highest BCUT2D eigenvalue weighted by Crippen LogP contribution is 2.28. The quantitative estimate of drug-likeness (QED) is 0.567. The maximum absolute atomic E-state index is 12.7. The van der Waals surface area contributed by atoms with Crippen LogP contribution in [-0.2, 0) is 6.18 Å². The number of halogens is 3. The Hall–Kier alpha value is -1.61. The van der Waals surface area contributed by atoms with Crippen LogP contribution in [0, 0.1) is 0 Å². The fraction of sp³-hybridized carbons (Fsp3) is 0.667. The molecule has 1 unspecified atom stereocenters. The predicted molar refractivity (Wildman–Crippen MR) is 73.6 cm³/mol. The van der Waals surface area contributed by atoms with Crippen LogP contribution in [0.3, 0.4) is 0 Å². The molecular formula is C12H19F3N6. The number of nitrogen functional groups attached to an aromatic ring is 1. The van der Waals surface area contributed by atoms with E-state index in [0.717, 1.165) is 19.6 Å². The van der Waals surface area contributed by atoms with E-state index < -0.39 is 12.0 Å². The van der Waals surface area contributed by atoms with Gasteiger partial charge in [0.05, 0.1) is 0 Å². The van der Waals surface area contributed by atoms with Crippen molar-refractivity contribution in [1.82, 2.24) is 14.9 Å². The molecule has 4 N–H and O–H groups in total. The summed E-state index contributed by atoms with van der Waals surface area (Å²) in [4.78, 5) is 9.09. The second-order valence-electron chi connectivity index (χ2n) is 5.16. The zero-order valence-electron chi connectivity index (χ0n) is 11.7. The van der Waals surface area contributed by atoms with Gasteiger partial charge >= 0.3 is 6.18 Å². The Balaban J connectivity index is 2.07. The molecule has 1 aromatic heterocycles. The minimum absolute atomic E-state index is 0.0234. The number of nitrogens with two attached hydrogens (primary N) is 1. The number of likely N-dealkylation sites (tertiary alicyclic amines) is 1. The Morgan fingerprint density at radius 2 is 1.90 bits per heavy atom. The Kier molecular flexibility index (Phi) is 4.84. The van der Waals surface area contributed by atoms with Gasteiger partial charge in [0.25, 0.3) is 0 Å². The average molecular weight is 304 g/mol. The van der Waals surface area contributed by atoms with Crippen LogP contribution >= 0.6 is 0 Å². The number of aromatic nitrogens is 2. The monoisotopic (exact) mass is 304 g/mol. The normalized spacial score (nSPS) is 17.8. The van der Waals surface area contributed by atoms with Gasteiger partial charge in [-0.2, -0.15) is 13.2 Å². The molecule has 1 fully saturated rings. The van der Waals surface area contributed by atoms with Crippen molar-refractivity contribution >= 4 is 11.6 Å². The molecule has 0 bridgehead atoms. The first kappa shape index (κ1) is 15.8. The van der Waals surface area contributed by atoms with E-state index in [9.17, 15) is 13.2 Å². The molecule has 21 heavy (non-hydrogen) atoms. The number of nitrogens with zero attached hydrogens (tertiary/aromatic N) is 3. The summed E-state index contributed by atoms with van der Waals surface area (Å²) in [6.45, 7) is 4.72. The highest BCUT2D eigenvalue weighted by molar-refractivity contribution is 5.47. The van der Waals surface area contributed by atoms with Crippen molar-refractivity contribution in [2.75, 3.05) is 30.4 Å². The van der Waals surface area contributed by atoms with Crippen LogP contribution in [0.4, 0.5) is 24.8 Å². The van der Waals surface area contributed by atoms with E-state index in [2.05, 4.69) is 25.6 Å². The fourth-order valence-corrected chi connectivity index (χ4v) is 2.37. The molecule has 0 radical (unpaired) electrons. The summed E-state index contributed by atoms with van der Waals surface area (Å²) in [5.74, 6) is 3.97. The Morgan fingerprint density at radius 3 is 2.48 bits per heavy atom. The van der Waals surface area contributed by atoms with Crippen LogP contribution < -0.4 is 16.6 Å². The molecule has 1 aliphatic heterocycles. The van der Waals surface area contributed by atoms with Crippen molar-refractivity contribution < 1.29 is 13.2 Å². The zero-order valence-corrected chi connectivity index (χ0v) is 11.7. The van der Waals surface area contributed by atoms with Gasteiger partial charge in [-0.1, -0.05) is 0 Å². The average Bonchev–Trinajstić information content (AvgIpc) is 2.89. The maximum Gasteiger partial charge on any atom is 0.451 e. The van der Waals surface area contributed by atoms with E-state index in [1.54, 1.807) is 0 Å². The van der Waals surface area contributed by atoms with Crippen molar-refractivity contribution in [3.63, 3.8) is 0 Å². The number of alkyl halides is 3. The highest BCUT2D eigenvalue weighted by Gasteiger charge is 2.35. The summed E-state index contributed by atoms with van der Waals surface area (Å²) in [7, 11) is 0. The molecule has 0 aromatic carbocycles. The summed E-state index contributed by atoms with van der Waals surface area (Å²) < 4.78 is 38.2. The fourth-order valence-electron chi connectivity index (χ4n) is 2.37. The van der Waals surface area contributed by atoms with Gasteiger partial charge in [0.1, 0.15) is 11.6 Å². The molecule has 2 heterocycles. The molecule has 1 saturated heterocycles. The first-order valence-electron chi connectivity index (χ1n) is 6.80. The van der Waals surface area contributed by atoms with Crippen molar-refractivity contribution in [3.8, 4) is 0 Å². The molecule has 0 spiro atoms. The zero-order chi connectivity index (χ0) is 15.5. The van der Waals surface area contributed by atoms with Gasteiger partial charge in [0.15, 0.2) is 0 Å². The predicted octanol–water partition coefficient (Wildman–Crippen LogP) is 1.68. The maximum atomic E-state index is 12.7. The number of nitrogens with one attached hydrogen (secondary N) is 2. The topological polar surface area (TPSA) is 79.1 Å². The number of rotatable bonds is 5. The Labute approximate surface area is 120 Å². The Bertz CT molecular complexity index is 473. The van der Waals surface area contributed by atoms with Crippen molar-refractivity contribution in [2.24, 2.45) is 5.84 Å².